The maximum Gasteiger partial charge on any atom is 0.262 e. The molecule has 0 unspecified atom stereocenters. The molecule has 1 N–H and O–H groups in total. The molecule has 2 aromatic carbocycles. The Morgan fingerprint density at radius 3 is 2.37 bits per heavy atom. The van der Waals surface area contributed by atoms with Crippen LogP contribution in [-0.4, -0.2) is 8.42 Å². The van der Waals surface area contributed by atoms with E-state index >= 15 is 0 Å². The molecule has 0 aliphatic rings. The van der Waals surface area contributed by atoms with Crippen molar-refractivity contribution in [2.45, 2.75) is 18.7 Å². The van der Waals surface area contributed by atoms with Gasteiger partial charge in [0.25, 0.3) is 10.0 Å². The maximum absolute atomic E-state index is 12.3. The maximum atomic E-state index is 12.3. The molecule has 0 spiro atoms. The number of hydrogen-bond acceptors (Lipinski definition) is 2. The molecule has 0 aromatic heterocycles. The quantitative estimate of drug-likeness (QED) is 0.922. The molecule has 19 heavy (non-hydrogen) atoms. The van der Waals surface area contributed by atoms with Crippen molar-refractivity contribution >= 4 is 31.6 Å². The topological polar surface area (TPSA) is 46.2 Å². The van der Waals surface area contributed by atoms with Gasteiger partial charge in [-0.15, -0.1) is 0 Å². The molecule has 5 heteroatoms. The fourth-order valence-electron chi connectivity index (χ4n) is 1.76. The van der Waals surface area contributed by atoms with Crippen LogP contribution in [0.3, 0.4) is 0 Å². The van der Waals surface area contributed by atoms with E-state index in [0.717, 1.165) is 15.6 Å². The Bertz CT molecular complexity index is 711. The zero-order valence-electron chi connectivity index (χ0n) is 10.6. The molecule has 0 bridgehead atoms. The Hall–Kier alpha value is -1.33. The molecule has 2 aromatic rings. The number of sulfonamides is 1. The van der Waals surface area contributed by atoms with Crippen LogP contribution in [0.1, 0.15) is 11.1 Å². The van der Waals surface area contributed by atoms with Crippen molar-refractivity contribution < 1.29 is 8.42 Å². The number of aryl methyl sites for hydroxylation is 2. The van der Waals surface area contributed by atoms with Gasteiger partial charge in [0.05, 0.1) is 10.6 Å². The van der Waals surface area contributed by atoms with Gasteiger partial charge in [0.15, 0.2) is 0 Å². The Balaban J connectivity index is 2.40. The summed E-state index contributed by atoms with van der Waals surface area (Å²) in [7, 11) is -3.56. The summed E-state index contributed by atoms with van der Waals surface area (Å²) in [5.41, 5.74) is 2.32. The summed E-state index contributed by atoms with van der Waals surface area (Å²) in [5, 5.41) is 0. The van der Waals surface area contributed by atoms with Crippen molar-refractivity contribution in [2.75, 3.05) is 4.72 Å². The van der Waals surface area contributed by atoms with E-state index in [4.69, 9.17) is 0 Å². The van der Waals surface area contributed by atoms with Gasteiger partial charge in [0, 0.05) is 4.47 Å². The standard InChI is InChI=1S/C14H14BrNO2S/c1-10-7-8-13(12(15)9-10)16-19(17,18)14-6-4-3-5-11(14)2/h3-9,16H,1-2H3. The van der Waals surface area contributed by atoms with E-state index in [9.17, 15) is 8.42 Å². The number of benzene rings is 2. The van der Waals surface area contributed by atoms with Gasteiger partial charge in [-0.3, -0.25) is 4.72 Å². The molecule has 0 aliphatic heterocycles. The highest BCUT2D eigenvalue weighted by Gasteiger charge is 2.17. The summed E-state index contributed by atoms with van der Waals surface area (Å²) in [6.07, 6.45) is 0. The summed E-state index contributed by atoms with van der Waals surface area (Å²) in [4.78, 5) is 0.294. The minimum absolute atomic E-state index is 0.294. The Morgan fingerprint density at radius 2 is 1.74 bits per heavy atom. The van der Waals surface area contributed by atoms with Gasteiger partial charge in [-0.2, -0.15) is 0 Å². The minimum atomic E-state index is -3.56. The van der Waals surface area contributed by atoms with E-state index in [0.29, 0.717) is 10.6 Å². The van der Waals surface area contributed by atoms with Crippen LogP contribution in [0.4, 0.5) is 5.69 Å². The van der Waals surface area contributed by atoms with Crippen LogP contribution < -0.4 is 4.72 Å². The number of halogens is 1. The molecule has 0 aliphatic carbocycles. The van der Waals surface area contributed by atoms with E-state index in [-0.39, 0.29) is 0 Å². The van der Waals surface area contributed by atoms with Gasteiger partial charge in [-0.1, -0.05) is 24.3 Å². The Kier molecular flexibility index (Phi) is 3.96. The largest absolute Gasteiger partial charge is 0.278 e. The summed E-state index contributed by atoms with van der Waals surface area (Å²) in [6, 6.07) is 12.4. The Labute approximate surface area is 121 Å². The third-order valence-electron chi connectivity index (χ3n) is 2.75. The lowest BCUT2D eigenvalue weighted by Gasteiger charge is -2.11. The fourth-order valence-corrected chi connectivity index (χ4v) is 3.81. The first-order valence-corrected chi connectivity index (χ1v) is 8.02. The summed E-state index contributed by atoms with van der Waals surface area (Å²) >= 11 is 3.36. The van der Waals surface area contributed by atoms with Gasteiger partial charge in [0.2, 0.25) is 0 Å². The lowest BCUT2D eigenvalue weighted by atomic mass is 10.2. The second-order valence-electron chi connectivity index (χ2n) is 4.35. The number of nitrogens with one attached hydrogen (secondary N) is 1. The SMILES string of the molecule is Cc1ccc(NS(=O)(=O)c2ccccc2C)c(Br)c1. The third kappa shape index (κ3) is 3.16. The third-order valence-corrected chi connectivity index (χ3v) is 4.93. The van der Waals surface area contributed by atoms with Crippen LogP contribution in [0.2, 0.25) is 0 Å². The lowest BCUT2D eigenvalue weighted by molar-refractivity contribution is 0.600. The lowest BCUT2D eigenvalue weighted by Crippen LogP contribution is -2.14. The molecule has 0 saturated heterocycles. The number of hydrogen-bond donors (Lipinski definition) is 1. The second kappa shape index (κ2) is 5.35. The van der Waals surface area contributed by atoms with E-state index < -0.39 is 10.0 Å². The van der Waals surface area contributed by atoms with Crippen LogP contribution >= 0.6 is 15.9 Å². The highest BCUT2D eigenvalue weighted by molar-refractivity contribution is 9.10. The smallest absolute Gasteiger partial charge is 0.262 e. The first-order chi connectivity index (χ1) is 8.90. The van der Waals surface area contributed by atoms with Gasteiger partial charge < -0.3 is 0 Å². The van der Waals surface area contributed by atoms with Crippen molar-refractivity contribution in [3.05, 3.63) is 58.1 Å². The normalized spacial score (nSPS) is 11.3. The summed E-state index contributed by atoms with van der Waals surface area (Å²) in [5.74, 6) is 0. The molecular formula is C14H14BrNO2S. The monoisotopic (exact) mass is 339 g/mol. The predicted octanol–water partition coefficient (Wildman–Crippen LogP) is 3.87. The molecule has 0 heterocycles. The van der Waals surface area contributed by atoms with Gasteiger partial charge in [0.1, 0.15) is 0 Å². The van der Waals surface area contributed by atoms with Crippen molar-refractivity contribution in [1.82, 2.24) is 0 Å². The highest BCUT2D eigenvalue weighted by Crippen LogP contribution is 2.26. The van der Waals surface area contributed by atoms with Crippen molar-refractivity contribution in [3.63, 3.8) is 0 Å². The van der Waals surface area contributed by atoms with Crippen molar-refractivity contribution in [1.29, 1.82) is 0 Å². The van der Waals surface area contributed by atoms with Gasteiger partial charge >= 0.3 is 0 Å². The average Bonchev–Trinajstić information content (AvgIpc) is 2.33. The molecular weight excluding hydrogens is 326 g/mol. The van der Waals surface area contributed by atoms with Crippen LogP contribution in [-0.2, 0) is 10.0 Å². The zero-order valence-corrected chi connectivity index (χ0v) is 13.0. The molecule has 100 valence electrons. The van der Waals surface area contributed by atoms with Crippen molar-refractivity contribution in [3.8, 4) is 0 Å². The fraction of sp³-hybridized carbons (Fsp3) is 0.143. The average molecular weight is 340 g/mol. The van der Waals surface area contributed by atoms with Crippen LogP contribution in [0.5, 0.6) is 0 Å². The van der Waals surface area contributed by atoms with Crippen molar-refractivity contribution in [2.24, 2.45) is 0 Å². The molecule has 0 radical (unpaired) electrons. The molecule has 0 atom stereocenters. The first kappa shape index (κ1) is 14.1. The molecule has 3 nitrogen and oxygen atoms in total. The molecule has 0 amide bonds. The molecule has 2 rings (SSSR count). The van der Waals surface area contributed by atoms with E-state index in [2.05, 4.69) is 20.7 Å². The van der Waals surface area contributed by atoms with Crippen LogP contribution in [0.25, 0.3) is 0 Å². The second-order valence-corrected chi connectivity index (χ2v) is 6.86. The highest BCUT2D eigenvalue weighted by atomic mass is 79.9. The van der Waals surface area contributed by atoms with Crippen LogP contribution in [0.15, 0.2) is 51.8 Å². The van der Waals surface area contributed by atoms with E-state index in [1.165, 1.54) is 0 Å². The first-order valence-electron chi connectivity index (χ1n) is 5.75. The molecule has 0 fully saturated rings. The summed E-state index contributed by atoms with van der Waals surface area (Å²) < 4.78 is 28.0. The number of anilines is 1. The Morgan fingerprint density at radius 1 is 1.05 bits per heavy atom. The zero-order chi connectivity index (χ0) is 14.0. The van der Waals surface area contributed by atoms with Gasteiger partial charge in [-0.05, 0) is 59.1 Å². The number of rotatable bonds is 3. The van der Waals surface area contributed by atoms with Gasteiger partial charge in [-0.25, -0.2) is 8.42 Å². The van der Waals surface area contributed by atoms with E-state index in [1.54, 1.807) is 31.2 Å². The molecule has 0 saturated carbocycles. The predicted molar refractivity (Wildman–Crippen MR) is 80.9 cm³/mol. The summed E-state index contributed by atoms with van der Waals surface area (Å²) in [6.45, 7) is 3.73. The minimum Gasteiger partial charge on any atom is -0.278 e. The van der Waals surface area contributed by atoms with Crippen LogP contribution in [0, 0.1) is 13.8 Å². The van der Waals surface area contributed by atoms with E-state index in [1.807, 2.05) is 25.1 Å².